The van der Waals surface area contributed by atoms with E-state index in [1.165, 1.54) is 5.56 Å². The van der Waals surface area contributed by atoms with Crippen LogP contribution >= 0.6 is 0 Å². The molecule has 0 aliphatic heterocycles. The van der Waals surface area contributed by atoms with Gasteiger partial charge in [-0.15, -0.1) is 0 Å². The Hall–Kier alpha value is -0.860. The van der Waals surface area contributed by atoms with Gasteiger partial charge in [-0.25, -0.2) is 0 Å². The second-order valence-electron chi connectivity index (χ2n) is 6.81. The van der Waals surface area contributed by atoms with Gasteiger partial charge in [0, 0.05) is 0 Å². The van der Waals surface area contributed by atoms with Gasteiger partial charge in [0.05, 0.1) is 17.8 Å². The minimum atomic E-state index is -0.626. The monoisotopic (exact) mass is 262 g/mol. The summed E-state index contributed by atoms with van der Waals surface area (Å²) in [5, 5.41) is 10.6. The third kappa shape index (κ3) is 4.32. The first kappa shape index (κ1) is 14.5. The van der Waals surface area contributed by atoms with Crippen LogP contribution in [0.2, 0.25) is 0 Å². The molecule has 0 radical (unpaired) electrons. The van der Waals surface area contributed by atoms with Crippen molar-refractivity contribution in [2.45, 2.75) is 63.6 Å². The summed E-state index contributed by atoms with van der Waals surface area (Å²) in [7, 11) is 0. The van der Waals surface area contributed by atoms with Crippen molar-refractivity contribution in [2.75, 3.05) is 6.61 Å². The van der Waals surface area contributed by atoms with Gasteiger partial charge in [0.25, 0.3) is 0 Å². The first-order valence-electron chi connectivity index (χ1n) is 7.29. The van der Waals surface area contributed by atoms with Crippen LogP contribution in [0.5, 0.6) is 0 Å². The summed E-state index contributed by atoms with van der Waals surface area (Å²) in [5.74, 6) is 0.594. The van der Waals surface area contributed by atoms with E-state index in [0.717, 1.165) is 25.7 Å². The van der Waals surface area contributed by atoms with Crippen LogP contribution in [0.1, 0.15) is 57.9 Å². The van der Waals surface area contributed by atoms with E-state index >= 15 is 0 Å². The number of hydrogen-bond donors (Lipinski definition) is 1. The van der Waals surface area contributed by atoms with Crippen molar-refractivity contribution in [3.63, 3.8) is 0 Å². The molecule has 1 fully saturated rings. The van der Waals surface area contributed by atoms with Crippen molar-refractivity contribution in [1.29, 1.82) is 0 Å². The van der Waals surface area contributed by atoms with Crippen LogP contribution in [0.15, 0.2) is 30.3 Å². The largest absolute Gasteiger partial charge is 0.387 e. The SMILES string of the molecule is CC(C)(C)OCC1(O)CCC(c2ccccc2)CC1. The van der Waals surface area contributed by atoms with Gasteiger partial charge in [-0.1, -0.05) is 30.3 Å². The first-order valence-corrected chi connectivity index (χ1v) is 7.29. The average molecular weight is 262 g/mol. The molecule has 0 heterocycles. The van der Waals surface area contributed by atoms with Gasteiger partial charge in [-0.2, -0.15) is 0 Å². The van der Waals surface area contributed by atoms with Crippen molar-refractivity contribution in [2.24, 2.45) is 0 Å². The average Bonchev–Trinajstić information content (AvgIpc) is 2.38. The van der Waals surface area contributed by atoms with Crippen LogP contribution in [0.3, 0.4) is 0 Å². The normalized spacial score (nSPS) is 28.3. The smallest absolute Gasteiger partial charge is 0.0880 e. The van der Waals surface area contributed by atoms with Crippen molar-refractivity contribution in [1.82, 2.24) is 0 Å². The van der Waals surface area contributed by atoms with Crippen molar-refractivity contribution in [3.05, 3.63) is 35.9 Å². The lowest BCUT2D eigenvalue weighted by Gasteiger charge is -2.37. The second-order valence-corrected chi connectivity index (χ2v) is 6.81. The molecule has 19 heavy (non-hydrogen) atoms. The molecule has 1 saturated carbocycles. The molecule has 1 aliphatic carbocycles. The zero-order valence-corrected chi connectivity index (χ0v) is 12.4. The molecule has 106 valence electrons. The lowest BCUT2D eigenvalue weighted by atomic mass is 9.76. The van der Waals surface area contributed by atoms with Gasteiger partial charge in [-0.05, 0) is 57.9 Å². The number of rotatable bonds is 3. The minimum Gasteiger partial charge on any atom is -0.387 e. The van der Waals surface area contributed by atoms with Gasteiger partial charge in [0.1, 0.15) is 0 Å². The summed E-state index contributed by atoms with van der Waals surface area (Å²) < 4.78 is 5.76. The predicted octanol–water partition coefficient (Wildman–Crippen LogP) is 3.89. The lowest BCUT2D eigenvalue weighted by molar-refractivity contribution is -0.114. The molecule has 0 saturated heterocycles. The van der Waals surface area contributed by atoms with Gasteiger partial charge in [-0.3, -0.25) is 0 Å². The molecular weight excluding hydrogens is 236 g/mol. The third-order valence-corrected chi connectivity index (χ3v) is 3.96. The van der Waals surface area contributed by atoms with Crippen molar-refractivity contribution in [3.8, 4) is 0 Å². The first-order chi connectivity index (χ1) is 8.88. The summed E-state index contributed by atoms with van der Waals surface area (Å²) in [5.41, 5.74) is 0.603. The molecule has 1 aliphatic rings. The highest BCUT2D eigenvalue weighted by Crippen LogP contribution is 2.38. The highest BCUT2D eigenvalue weighted by molar-refractivity contribution is 5.20. The van der Waals surface area contributed by atoms with Crippen molar-refractivity contribution >= 4 is 0 Å². The number of hydrogen-bond acceptors (Lipinski definition) is 2. The highest BCUT2D eigenvalue weighted by Gasteiger charge is 2.34. The molecule has 1 N–H and O–H groups in total. The maximum atomic E-state index is 10.6. The molecule has 0 amide bonds. The van der Waals surface area contributed by atoms with E-state index in [0.29, 0.717) is 12.5 Å². The van der Waals surface area contributed by atoms with Crippen LogP contribution in [-0.4, -0.2) is 22.9 Å². The number of ether oxygens (including phenoxy) is 1. The summed E-state index contributed by atoms with van der Waals surface area (Å²) in [4.78, 5) is 0. The quantitative estimate of drug-likeness (QED) is 0.895. The highest BCUT2D eigenvalue weighted by atomic mass is 16.5. The van der Waals surface area contributed by atoms with Gasteiger partial charge in [0.2, 0.25) is 0 Å². The Morgan fingerprint density at radius 3 is 2.26 bits per heavy atom. The molecule has 1 aromatic rings. The van der Waals surface area contributed by atoms with Crippen molar-refractivity contribution < 1.29 is 9.84 Å². The van der Waals surface area contributed by atoms with E-state index in [1.54, 1.807) is 0 Å². The maximum absolute atomic E-state index is 10.6. The third-order valence-electron chi connectivity index (χ3n) is 3.96. The number of benzene rings is 1. The zero-order valence-electron chi connectivity index (χ0n) is 12.4. The summed E-state index contributed by atoms with van der Waals surface area (Å²) in [6.45, 7) is 6.56. The van der Waals surface area contributed by atoms with Gasteiger partial charge < -0.3 is 9.84 Å². The maximum Gasteiger partial charge on any atom is 0.0880 e. The van der Waals surface area contributed by atoms with E-state index in [4.69, 9.17) is 4.74 Å². The predicted molar refractivity (Wildman–Crippen MR) is 78.3 cm³/mol. The van der Waals surface area contributed by atoms with Crippen LogP contribution < -0.4 is 0 Å². The second kappa shape index (κ2) is 5.64. The van der Waals surface area contributed by atoms with Crippen LogP contribution in [0, 0.1) is 0 Å². The topological polar surface area (TPSA) is 29.5 Å². The Morgan fingerprint density at radius 2 is 1.74 bits per heavy atom. The van der Waals surface area contributed by atoms with E-state index in [9.17, 15) is 5.11 Å². The molecule has 2 rings (SSSR count). The molecular formula is C17H26O2. The Labute approximate surface area is 116 Å². The summed E-state index contributed by atoms with van der Waals surface area (Å²) in [6.07, 6.45) is 3.77. The number of aliphatic hydroxyl groups is 1. The Bertz CT molecular complexity index is 383. The fourth-order valence-electron chi connectivity index (χ4n) is 2.71. The Balaban J connectivity index is 1.88. The fourth-order valence-corrected chi connectivity index (χ4v) is 2.71. The molecule has 2 nitrogen and oxygen atoms in total. The van der Waals surface area contributed by atoms with Crippen LogP contribution in [-0.2, 0) is 4.74 Å². The van der Waals surface area contributed by atoms with E-state index < -0.39 is 5.60 Å². The standard InChI is InChI=1S/C17H26O2/c1-16(2,3)19-13-17(18)11-9-15(10-12-17)14-7-5-4-6-8-14/h4-8,15,18H,9-13H2,1-3H3. The van der Waals surface area contributed by atoms with Gasteiger partial charge >= 0.3 is 0 Å². The minimum absolute atomic E-state index is 0.175. The van der Waals surface area contributed by atoms with Crippen LogP contribution in [0.4, 0.5) is 0 Å². The van der Waals surface area contributed by atoms with Gasteiger partial charge in [0.15, 0.2) is 0 Å². The molecule has 0 spiro atoms. The molecule has 0 atom stereocenters. The van der Waals surface area contributed by atoms with E-state index in [1.807, 2.05) is 20.8 Å². The molecule has 0 unspecified atom stereocenters. The molecule has 2 heteroatoms. The lowest BCUT2D eigenvalue weighted by Crippen LogP contribution is -2.41. The Kier molecular flexibility index (Phi) is 4.32. The molecule has 0 aromatic heterocycles. The molecule has 0 bridgehead atoms. The van der Waals surface area contributed by atoms with E-state index in [2.05, 4.69) is 30.3 Å². The zero-order chi connectivity index (χ0) is 13.9. The fraction of sp³-hybridized carbons (Fsp3) is 0.647. The summed E-state index contributed by atoms with van der Waals surface area (Å²) in [6, 6.07) is 10.6. The summed E-state index contributed by atoms with van der Waals surface area (Å²) >= 11 is 0. The van der Waals surface area contributed by atoms with Crippen LogP contribution in [0.25, 0.3) is 0 Å². The van der Waals surface area contributed by atoms with E-state index in [-0.39, 0.29) is 5.60 Å². The Morgan fingerprint density at radius 1 is 1.16 bits per heavy atom. The molecule has 1 aromatic carbocycles.